The number of nitrogens with two attached hydrogens (primary N) is 1. The molecule has 2 rings (SSSR count). The van der Waals surface area contributed by atoms with E-state index in [0.717, 1.165) is 0 Å². The first-order valence-corrected chi connectivity index (χ1v) is 8.58. The third kappa shape index (κ3) is 4.28. The number of carbonyl (C=O) groups is 1. The molecule has 2 aromatic carbocycles. The molecule has 2 aromatic rings. The Morgan fingerprint density at radius 3 is 2.04 bits per heavy atom. The van der Waals surface area contributed by atoms with Crippen LogP contribution in [0.2, 0.25) is 10.0 Å². The zero-order valence-corrected chi connectivity index (χ0v) is 14.3. The van der Waals surface area contributed by atoms with E-state index in [4.69, 9.17) is 28.9 Å². The highest BCUT2D eigenvalue weighted by atomic mass is 35.5. The standard InChI is InChI=1S/C14H13Cl2N3O3S/c1-8(20)18-9-2-4-11(5-3-9)23(21,22)19-10-6-12(15)14(17)13(16)7-10/h2-7,19H,17H2,1H3,(H,18,20). The summed E-state index contributed by atoms with van der Waals surface area (Å²) in [4.78, 5) is 11.0. The van der Waals surface area contributed by atoms with E-state index < -0.39 is 10.0 Å². The van der Waals surface area contributed by atoms with Gasteiger partial charge in [-0.2, -0.15) is 0 Å². The molecule has 0 aliphatic rings. The molecule has 0 fully saturated rings. The lowest BCUT2D eigenvalue weighted by atomic mass is 10.3. The number of carbonyl (C=O) groups excluding carboxylic acids is 1. The molecule has 4 N–H and O–H groups in total. The lowest BCUT2D eigenvalue weighted by molar-refractivity contribution is -0.114. The van der Waals surface area contributed by atoms with E-state index in [1.807, 2.05) is 0 Å². The van der Waals surface area contributed by atoms with Crippen LogP contribution in [0, 0.1) is 0 Å². The molecule has 0 aromatic heterocycles. The second kappa shape index (κ2) is 6.66. The Morgan fingerprint density at radius 2 is 1.57 bits per heavy atom. The lowest BCUT2D eigenvalue weighted by Crippen LogP contribution is -2.13. The summed E-state index contributed by atoms with van der Waals surface area (Å²) >= 11 is 11.8. The first-order chi connectivity index (χ1) is 10.7. The molecule has 1 amide bonds. The number of nitrogen functional groups attached to an aromatic ring is 1. The van der Waals surface area contributed by atoms with Gasteiger partial charge in [-0.25, -0.2) is 8.42 Å². The van der Waals surface area contributed by atoms with Crippen LogP contribution in [0.25, 0.3) is 0 Å². The third-order valence-electron chi connectivity index (χ3n) is 2.82. The van der Waals surface area contributed by atoms with Gasteiger partial charge in [-0.15, -0.1) is 0 Å². The lowest BCUT2D eigenvalue weighted by Gasteiger charge is -2.11. The molecule has 0 heterocycles. The zero-order valence-electron chi connectivity index (χ0n) is 11.9. The number of nitrogens with one attached hydrogen (secondary N) is 2. The van der Waals surface area contributed by atoms with E-state index in [-0.39, 0.29) is 32.2 Å². The number of hydrogen-bond donors (Lipinski definition) is 3. The van der Waals surface area contributed by atoms with Crippen LogP contribution < -0.4 is 15.8 Å². The molecule has 23 heavy (non-hydrogen) atoms. The first kappa shape index (κ1) is 17.4. The second-order valence-corrected chi connectivity index (χ2v) is 7.16. The molecule has 6 nitrogen and oxygen atoms in total. The molecule has 0 atom stereocenters. The van der Waals surface area contributed by atoms with Crippen LogP contribution in [0.15, 0.2) is 41.3 Å². The fraction of sp³-hybridized carbons (Fsp3) is 0.0714. The topological polar surface area (TPSA) is 101 Å². The van der Waals surface area contributed by atoms with Crippen LogP contribution in [0.3, 0.4) is 0 Å². The Morgan fingerprint density at radius 1 is 1.04 bits per heavy atom. The van der Waals surface area contributed by atoms with Crippen LogP contribution in [0.1, 0.15) is 6.92 Å². The summed E-state index contributed by atoms with van der Waals surface area (Å²) in [7, 11) is -3.83. The molecule has 0 aliphatic carbocycles. The monoisotopic (exact) mass is 373 g/mol. The van der Waals surface area contributed by atoms with Gasteiger partial charge >= 0.3 is 0 Å². The predicted molar refractivity (Wildman–Crippen MR) is 92.4 cm³/mol. The summed E-state index contributed by atoms with van der Waals surface area (Å²) in [5.41, 5.74) is 6.47. The number of amides is 1. The molecular weight excluding hydrogens is 361 g/mol. The molecule has 0 aliphatic heterocycles. The van der Waals surface area contributed by atoms with Crippen molar-refractivity contribution in [2.24, 2.45) is 0 Å². The Hall–Kier alpha value is -1.96. The maximum Gasteiger partial charge on any atom is 0.261 e. The Kier molecular flexibility index (Phi) is 5.03. The van der Waals surface area contributed by atoms with Crippen molar-refractivity contribution in [1.29, 1.82) is 0 Å². The first-order valence-electron chi connectivity index (χ1n) is 6.34. The van der Waals surface area contributed by atoms with Crippen molar-refractivity contribution in [3.05, 3.63) is 46.4 Å². The van der Waals surface area contributed by atoms with Crippen LogP contribution in [-0.4, -0.2) is 14.3 Å². The van der Waals surface area contributed by atoms with Gasteiger partial charge in [-0.1, -0.05) is 23.2 Å². The summed E-state index contributed by atoms with van der Waals surface area (Å²) < 4.78 is 27.0. The highest BCUT2D eigenvalue weighted by molar-refractivity contribution is 7.92. The van der Waals surface area contributed by atoms with Crippen LogP contribution in [-0.2, 0) is 14.8 Å². The largest absolute Gasteiger partial charge is 0.396 e. The third-order valence-corrected chi connectivity index (χ3v) is 4.84. The van der Waals surface area contributed by atoms with Crippen molar-refractivity contribution >= 4 is 56.2 Å². The van der Waals surface area contributed by atoms with Gasteiger partial charge in [0.15, 0.2) is 0 Å². The smallest absolute Gasteiger partial charge is 0.261 e. The number of sulfonamides is 1. The fourth-order valence-corrected chi connectivity index (χ4v) is 3.31. The summed E-state index contributed by atoms with van der Waals surface area (Å²) in [6.45, 7) is 1.36. The number of rotatable bonds is 4. The van der Waals surface area contributed by atoms with Crippen molar-refractivity contribution in [2.75, 3.05) is 15.8 Å². The van der Waals surface area contributed by atoms with E-state index in [2.05, 4.69) is 10.0 Å². The van der Waals surface area contributed by atoms with Crippen LogP contribution >= 0.6 is 23.2 Å². The van der Waals surface area contributed by atoms with Gasteiger partial charge in [-0.05, 0) is 36.4 Å². The zero-order chi connectivity index (χ0) is 17.2. The molecule has 0 radical (unpaired) electrons. The minimum atomic E-state index is -3.83. The Labute approximate surface area is 143 Å². The Bertz CT molecular complexity index is 829. The van der Waals surface area contributed by atoms with E-state index in [1.54, 1.807) is 0 Å². The van der Waals surface area contributed by atoms with Gasteiger partial charge < -0.3 is 11.1 Å². The highest BCUT2D eigenvalue weighted by Crippen LogP contribution is 2.32. The van der Waals surface area contributed by atoms with Gasteiger partial charge in [0.05, 0.1) is 26.3 Å². The summed E-state index contributed by atoms with van der Waals surface area (Å²) in [6.07, 6.45) is 0. The molecule has 122 valence electrons. The van der Waals surface area contributed by atoms with E-state index in [9.17, 15) is 13.2 Å². The van der Waals surface area contributed by atoms with Crippen molar-refractivity contribution in [2.45, 2.75) is 11.8 Å². The maximum absolute atomic E-state index is 12.3. The van der Waals surface area contributed by atoms with Crippen molar-refractivity contribution < 1.29 is 13.2 Å². The Balaban J connectivity index is 2.27. The van der Waals surface area contributed by atoms with Gasteiger partial charge in [-0.3, -0.25) is 9.52 Å². The highest BCUT2D eigenvalue weighted by Gasteiger charge is 2.16. The van der Waals surface area contributed by atoms with Gasteiger partial charge in [0.2, 0.25) is 5.91 Å². The molecule has 0 saturated heterocycles. The van der Waals surface area contributed by atoms with E-state index >= 15 is 0 Å². The normalized spacial score (nSPS) is 11.1. The minimum Gasteiger partial charge on any atom is -0.396 e. The van der Waals surface area contributed by atoms with Crippen molar-refractivity contribution in [3.63, 3.8) is 0 Å². The summed E-state index contributed by atoms with van der Waals surface area (Å²) in [5.74, 6) is -0.245. The SMILES string of the molecule is CC(=O)Nc1ccc(S(=O)(=O)Nc2cc(Cl)c(N)c(Cl)c2)cc1. The van der Waals surface area contributed by atoms with Crippen LogP contribution in [0.4, 0.5) is 17.1 Å². The number of halogens is 2. The molecule has 0 saturated carbocycles. The van der Waals surface area contributed by atoms with Crippen molar-refractivity contribution in [3.8, 4) is 0 Å². The number of benzene rings is 2. The summed E-state index contributed by atoms with van der Waals surface area (Å²) in [6, 6.07) is 8.44. The van der Waals surface area contributed by atoms with E-state index in [1.165, 1.54) is 43.3 Å². The van der Waals surface area contributed by atoms with Crippen molar-refractivity contribution in [1.82, 2.24) is 0 Å². The minimum absolute atomic E-state index is 0.0238. The quantitative estimate of drug-likeness (QED) is 0.715. The van der Waals surface area contributed by atoms with Gasteiger partial charge in [0, 0.05) is 12.6 Å². The van der Waals surface area contributed by atoms with Gasteiger partial charge in [0.1, 0.15) is 0 Å². The molecule has 0 bridgehead atoms. The fourth-order valence-electron chi connectivity index (χ4n) is 1.78. The number of anilines is 3. The molecule has 0 unspecified atom stereocenters. The molecule has 0 spiro atoms. The number of hydrogen-bond acceptors (Lipinski definition) is 4. The van der Waals surface area contributed by atoms with Crippen LogP contribution in [0.5, 0.6) is 0 Å². The van der Waals surface area contributed by atoms with Gasteiger partial charge in [0.25, 0.3) is 10.0 Å². The molecule has 9 heteroatoms. The summed E-state index contributed by atoms with van der Waals surface area (Å²) in [5, 5.41) is 2.85. The average Bonchev–Trinajstić information content (AvgIpc) is 2.44. The second-order valence-electron chi connectivity index (χ2n) is 4.66. The maximum atomic E-state index is 12.3. The van der Waals surface area contributed by atoms with E-state index in [0.29, 0.717) is 5.69 Å². The predicted octanol–water partition coefficient (Wildman–Crippen LogP) is 3.33. The molecular formula is C14H13Cl2N3O3S. The average molecular weight is 374 g/mol.